The minimum absolute atomic E-state index is 0.0990. The maximum atomic E-state index is 13.4. The molecule has 1 amide bonds. The molecular formula is C15H13F3N2O2. The van der Waals surface area contributed by atoms with E-state index in [2.05, 4.69) is 10.3 Å². The van der Waals surface area contributed by atoms with Crippen LogP contribution in [0.25, 0.3) is 0 Å². The highest BCUT2D eigenvalue weighted by Crippen LogP contribution is 2.19. The lowest BCUT2D eigenvalue weighted by molar-refractivity contribution is 0.0847. The molecule has 2 N–H and O–H groups in total. The number of nitrogens with zero attached hydrogens (tertiary/aromatic N) is 1. The van der Waals surface area contributed by atoms with Crippen molar-refractivity contribution in [3.05, 3.63) is 65.2 Å². The topological polar surface area (TPSA) is 62.2 Å². The number of aromatic nitrogens is 1. The summed E-state index contributed by atoms with van der Waals surface area (Å²) in [5.41, 5.74) is -0.124. The highest BCUT2D eigenvalue weighted by atomic mass is 19.2. The number of carbonyl (C=O) groups is 1. The first-order chi connectivity index (χ1) is 10.4. The number of aliphatic hydroxyl groups is 1. The van der Waals surface area contributed by atoms with Crippen molar-refractivity contribution in [2.24, 2.45) is 0 Å². The molecular weight excluding hydrogens is 297 g/mol. The average molecular weight is 310 g/mol. The molecule has 0 aliphatic heterocycles. The third kappa shape index (κ3) is 3.43. The minimum Gasteiger partial charge on any atom is -0.386 e. The van der Waals surface area contributed by atoms with Crippen LogP contribution in [0.1, 0.15) is 28.9 Å². The summed E-state index contributed by atoms with van der Waals surface area (Å²) in [4.78, 5) is 15.4. The Hall–Kier alpha value is -2.41. The van der Waals surface area contributed by atoms with Crippen LogP contribution >= 0.6 is 0 Å². The molecule has 1 heterocycles. The Kier molecular flexibility index (Phi) is 4.77. The second-order valence-corrected chi connectivity index (χ2v) is 4.74. The van der Waals surface area contributed by atoms with Crippen molar-refractivity contribution in [3.63, 3.8) is 0 Å². The molecule has 0 bridgehead atoms. The normalized spacial score (nSPS) is 13.5. The lowest BCUT2D eigenvalue weighted by Crippen LogP contribution is -2.37. The van der Waals surface area contributed by atoms with Crippen molar-refractivity contribution in [2.75, 3.05) is 0 Å². The summed E-state index contributed by atoms with van der Waals surface area (Å²) < 4.78 is 39.5. The standard InChI is InChI=1S/C15H13F3N2O2/c1-8(14(21)9-2-3-11(16)12(17)6-9)20-15(22)10-4-5-19-7-13(10)18/h2-8,14,21H,1H3,(H,20,22). The molecule has 7 heteroatoms. The van der Waals surface area contributed by atoms with Crippen molar-refractivity contribution in [1.82, 2.24) is 10.3 Å². The summed E-state index contributed by atoms with van der Waals surface area (Å²) >= 11 is 0. The summed E-state index contributed by atoms with van der Waals surface area (Å²) in [6.07, 6.45) is 0.878. The number of carbonyl (C=O) groups excluding carboxylic acids is 1. The zero-order chi connectivity index (χ0) is 16.3. The van der Waals surface area contributed by atoms with Crippen molar-refractivity contribution in [1.29, 1.82) is 0 Å². The monoisotopic (exact) mass is 310 g/mol. The third-order valence-electron chi connectivity index (χ3n) is 3.13. The van der Waals surface area contributed by atoms with Gasteiger partial charge in [0.15, 0.2) is 17.5 Å². The minimum atomic E-state index is -1.27. The van der Waals surface area contributed by atoms with E-state index in [0.717, 1.165) is 18.3 Å². The van der Waals surface area contributed by atoms with Gasteiger partial charge in [0.05, 0.1) is 23.9 Å². The first-order valence-electron chi connectivity index (χ1n) is 6.43. The zero-order valence-corrected chi connectivity index (χ0v) is 11.6. The van der Waals surface area contributed by atoms with E-state index in [1.807, 2.05) is 0 Å². The van der Waals surface area contributed by atoms with E-state index in [4.69, 9.17) is 0 Å². The van der Waals surface area contributed by atoms with Gasteiger partial charge < -0.3 is 10.4 Å². The molecule has 0 aliphatic rings. The van der Waals surface area contributed by atoms with Gasteiger partial charge in [-0.05, 0) is 30.7 Å². The van der Waals surface area contributed by atoms with Gasteiger partial charge in [-0.15, -0.1) is 0 Å². The number of hydrogen-bond donors (Lipinski definition) is 2. The number of benzene rings is 1. The summed E-state index contributed by atoms with van der Waals surface area (Å²) in [5, 5.41) is 12.5. The lowest BCUT2D eigenvalue weighted by Gasteiger charge is -2.21. The van der Waals surface area contributed by atoms with Gasteiger partial charge in [0.1, 0.15) is 0 Å². The van der Waals surface area contributed by atoms with E-state index in [0.29, 0.717) is 0 Å². The number of rotatable bonds is 4. The Morgan fingerprint density at radius 3 is 2.55 bits per heavy atom. The lowest BCUT2D eigenvalue weighted by atomic mass is 10.0. The number of nitrogens with one attached hydrogen (secondary N) is 1. The molecule has 0 radical (unpaired) electrons. The SMILES string of the molecule is CC(NC(=O)c1ccncc1F)C(O)c1ccc(F)c(F)c1. The zero-order valence-electron chi connectivity index (χ0n) is 11.6. The molecule has 2 unspecified atom stereocenters. The van der Waals surface area contributed by atoms with Gasteiger partial charge in [-0.1, -0.05) is 6.07 Å². The molecule has 1 aromatic carbocycles. The largest absolute Gasteiger partial charge is 0.386 e. The van der Waals surface area contributed by atoms with E-state index in [9.17, 15) is 23.1 Å². The predicted molar refractivity (Wildman–Crippen MR) is 72.4 cm³/mol. The molecule has 0 saturated carbocycles. The molecule has 4 nitrogen and oxygen atoms in total. The first kappa shape index (κ1) is 16.0. The fraction of sp³-hybridized carbons (Fsp3) is 0.200. The Balaban J connectivity index is 2.11. The molecule has 0 saturated heterocycles. The number of halogens is 3. The fourth-order valence-electron chi connectivity index (χ4n) is 1.91. The molecule has 0 spiro atoms. The maximum absolute atomic E-state index is 13.4. The summed E-state index contributed by atoms with van der Waals surface area (Å²) in [6.45, 7) is 1.46. The number of pyridine rings is 1. The molecule has 22 heavy (non-hydrogen) atoms. The van der Waals surface area contributed by atoms with Gasteiger partial charge in [-0.2, -0.15) is 0 Å². The van der Waals surface area contributed by atoms with Gasteiger partial charge >= 0.3 is 0 Å². The predicted octanol–water partition coefficient (Wildman–Crippen LogP) is 2.35. The molecule has 0 fully saturated rings. The van der Waals surface area contributed by atoms with E-state index in [-0.39, 0.29) is 11.1 Å². The smallest absolute Gasteiger partial charge is 0.254 e. The third-order valence-corrected chi connectivity index (χ3v) is 3.13. The number of aliphatic hydroxyl groups excluding tert-OH is 1. The van der Waals surface area contributed by atoms with E-state index in [1.54, 1.807) is 0 Å². The van der Waals surface area contributed by atoms with Crippen LogP contribution in [0.15, 0.2) is 36.7 Å². The second kappa shape index (κ2) is 6.57. The number of hydrogen-bond acceptors (Lipinski definition) is 3. The quantitative estimate of drug-likeness (QED) is 0.911. The Morgan fingerprint density at radius 2 is 1.91 bits per heavy atom. The molecule has 116 valence electrons. The molecule has 2 atom stereocenters. The Bertz CT molecular complexity index is 694. The average Bonchev–Trinajstić information content (AvgIpc) is 2.49. The van der Waals surface area contributed by atoms with Crippen LogP contribution in [0.2, 0.25) is 0 Å². The van der Waals surface area contributed by atoms with Gasteiger partial charge in [0.2, 0.25) is 0 Å². The molecule has 1 aromatic heterocycles. The highest BCUT2D eigenvalue weighted by Gasteiger charge is 2.21. The highest BCUT2D eigenvalue weighted by molar-refractivity contribution is 5.94. The van der Waals surface area contributed by atoms with Gasteiger partial charge in [0.25, 0.3) is 5.91 Å². The van der Waals surface area contributed by atoms with Crippen LogP contribution in [0, 0.1) is 17.5 Å². The van der Waals surface area contributed by atoms with E-state index < -0.39 is 35.5 Å². The van der Waals surface area contributed by atoms with Crippen LogP contribution in [0.3, 0.4) is 0 Å². The second-order valence-electron chi connectivity index (χ2n) is 4.74. The van der Waals surface area contributed by atoms with Crippen molar-refractivity contribution >= 4 is 5.91 Å². The van der Waals surface area contributed by atoms with Crippen molar-refractivity contribution < 1.29 is 23.1 Å². The Labute approximate surface area is 124 Å². The molecule has 2 aromatic rings. The van der Waals surface area contributed by atoms with Crippen LogP contribution in [-0.2, 0) is 0 Å². The first-order valence-corrected chi connectivity index (χ1v) is 6.43. The van der Waals surface area contributed by atoms with Crippen molar-refractivity contribution in [2.45, 2.75) is 19.1 Å². The summed E-state index contributed by atoms with van der Waals surface area (Å²) in [7, 11) is 0. The van der Waals surface area contributed by atoms with Crippen LogP contribution in [0.4, 0.5) is 13.2 Å². The van der Waals surface area contributed by atoms with E-state index in [1.165, 1.54) is 25.3 Å². The summed E-state index contributed by atoms with van der Waals surface area (Å²) in [6, 6.07) is 3.28. The maximum Gasteiger partial charge on any atom is 0.254 e. The number of amides is 1. The Morgan fingerprint density at radius 1 is 1.18 bits per heavy atom. The summed E-state index contributed by atoms with van der Waals surface area (Å²) in [5.74, 6) is -3.68. The van der Waals surface area contributed by atoms with Gasteiger partial charge in [0, 0.05) is 6.20 Å². The van der Waals surface area contributed by atoms with Crippen LogP contribution < -0.4 is 5.32 Å². The fourth-order valence-corrected chi connectivity index (χ4v) is 1.91. The van der Waals surface area contributed by atoms with Crippen LogP contribution in [0.5, 0.6) is 0 Å². The van der Waals surface area contributed by atoms with Gasteiger partial charge in [-0.3, -0.25) is 9.78 Å². The molecule has 0 aliphatic carbocycles. The van der Waals surface area contributed by atoms with Crippen molar-refractivity contribution in [3.8, 4) is 0 Å². The van der Waals surface area contributed by atoms with Gasteiger partial charge in [-0.25, -0.2) is 13.2 Å². The van der Waals surface area contributed by atoms with Crippen LogP contribution in [-0.4, -0.2) is 22.0 Å². The van der Waals surface area contributed by atoms with E-state index >= 15 is 0 Å². The molecule has 2 rings (SSSR count).